The molecular weight excluding hydrogens is 361 g/mol. The molecule has 0 saturated heterocycles. The molecule has 5 rings (SSSR count). The van der Waals surface area contributed by atoms with Crippen molar-refractivity contribution in [1.82, 2.24) is 4.98 Å². The van der Waals surface area contributed by atoms with E-state index in [0.29, 0.717) is 5.69 Å². The van der Waals surface area contributed by atoms with Crippen molar-refractivity contribution in [2.75, 3.05) is 0 Å². The van der Waals surface area contributed by atoms with Crippen molar-refractivity contribution >= 4 is 21.9 Å². The lowest BCUT2D eigenvalue weighted by atomic mass is 9.76. The third kappa shape index (κ3) is 2.90. The Morgan fingerprint density at radius 3 is 2.45 bits per heavy atom. The van der Waals surface area contributed by atoms with Crippen molar-refractivity contribution in [2.24, 2.45) is 0 Å². The van der Waals surface area contributed by atoms with Gasteiger partial charge in [-0.25, -0.2) is 4.39 Å². The maximum absolute atomic E-state index is 13.7. The number of fused-ring (bicyclic) bond motifs is 3. The molecule has 3 aromatic carbocycles. The van der Waals surface area contributed by atoms with Gasteiger partial charge in [0.15, 0.2) is 0 Å². The Morgan fingerprint density at radius 1 is 0.828 bits per heavy atom. The quantitative estimate of drug-likeness (QED) is 0.333. The summed E-state index contributed by atoms with van der Waals surface area (Å²) in [4.78, 5) is 4.33. The van der Waals surface area contributed by atoms with Crippen LogP contribution in [0.2, 0.25) is 0 Å². The zero-order valence-corrected chi connectivity index (χ0v) is 16.3. The van der Waals surface area contributed by atoms with Crippen molar-refractivity contribution in [1.29, 1.82) is 0 Å². The van der Waals surface area contributed by atoms with Crippen LogP contribution in [0, 0.1) is 5.82 Å². The Kier molecular flexibility index (Phi) is 3.99. The lowest BCUT2D eigenvalue weighted by molar-refractivity contribution is 0.626. The fourth-order valence-electron chi connectivity index (χ4n) is 4.08. The summed E-state index contributed by atoms with van der Waals surface area (Å²) in [7, 11) is 0. The van der Waals surface area contributed by atoms with E-state index in [-0.39, 0.29) is 11.2 Å². The molecule has 0 unspecified atom stereocenters. The molecule has 0 aliphatic carbocycles. The SMILES string of the molecule is CC(C)(c1ccccc1)c1cccc2oc3ccc(-c4cc(F)ccn4)cc3c12. The van der Waals surface area contributed by atoms with Gasteiger partial charge in [-0.2, -0.15) is 0 Å². The Balaban J connectivity index is 1.78. The van der Waals surface area contributed by atoms with E-state index < -0.39 is 0 Å². The zero-order valence-electron chi connectivity index (χ0n) is 16.3. The number of furan rings is 1. The molecule has 5 aromatic rings. The molecule has 0 radical (unpaired) electrons. The van der Waals surface area contributed by atoms with Crippen molar-refractivity contribution in [3.05, 3.63) is 102 Å². The van der Waals surface area contributed by atoms with Gasteiger partial charge in [0.1, 0.15) is 17.0 Å². The number of hydrogen-bond donors (Lipinski definition) is 0. The summed E-state index contributed by atoms with van der Waals surface area (Å²) in [5, 5.41) is 2.11. The number of nitrogens with zero attached hydrogens (tertiary/aromatic N) is 1. The highest BCUT2D eigenvalue weighted by molar-refractivity contribution is 6.08. The third-order valence-corrected chi connectivity index (χ3v) is 5.68. The van der Waals surface area contributed by atoms with E-state index in [1.807, 2.05) is 36.4 Å². The normalized spacial score (nSPS) is 12.0. The molecule has 0 amide bonds. The number of pyridine rings is 1. The van der Waals surface area contributed by atoms with Crippen LogP contribution in [0.3, 0.4) is 0 Å². The Bertz CT molecular complexity index is 1340. The second-order valence-corrected chi connectivity index (χ2v) is 7.84. The minimum Gasteiger partial charge on any atom is -0.456 e. The largest absolute Gasteiger partial charge is 0.456 e. The van der Waals surface area contributed by atoms with Crippen LogP contribution in [0.5, 0.6) is 0 Å². The molecule has 0 bridgehead atoms. The van der Waals surface area contributed by atoms with E-state index in [1.54, 1.807) is 0 Å². The van der Waals surface area contributed by atoms with Gasteiger partial charge in [0.2, 0.25) is 0 Å². The Morgan fingerprint density at radius 2 is 1.66 bits per heavy atom. The first-order valence-corrected chi connectivity index (χ1v) is 9.67. The summed E-state index contributed by atoms with van der Waals surface area (Å²) in [5.41, 5.74) is 5.38. The van der Waals surface area contributed by atoms with Crippen LogP contribution in [-0.4, -0.2) is 4.98 Å². The van der Waals surface area contributed by atoms with Crippen LogP contribution < -0.4 is 0 Å². The summed E-state index contributed by atoms with van der Waals surface area (Å²) in [6.45, 7) is 4.46. The molecule has 29 heavy (non-hydrogen) atoms. The maximum atomic E-state index is 13.7. The van der Waals surface area contributed by atoms with Gasteiger partial charge in [0, 0.05) is 34.0 Å². The molecular formula is C26H20FNO. The van der Waals surface area contributed by atoms with Crippen LogP contribution in [0.15, 0.2) is 89.5 Å². The molecule has 3 heteroatoms. The molecule has 0 N–H and O–H groups in total. The van der Waals surface area contributed by atoms with Crippen molar-refractivity contribution in [2.45, 2.75) is 19.3 Å². The van der Waals surface area contributed by atoms with Gasteiger partial charge in [0.25, 0.3) is 0 Å². The Labute approximate surface area is 168 Å². The topological polar surface area (TPSA) is 26.0 Å². The molecule has 0 atom stereocenters. The summed E-state index contributed by atoms with van der Waals surface area (Å²) >= 11 is 0. The van der Waals surface area contributed by atoms with Gasteiger partial charge in [-0.05, 0) is 41.5 Å². The van der Waals surface area contributed by atoms with Crippen LogP contribution in [0.25, 0.3) is 33.2 Å². The average molecular weight is 381 g/mol. The van der Waals surface area contributed by atoms with Gasteiger partial charge in [-0.15, -0.1) is 0 Å². The van der Waals surface area contributed by atoms with Gasteiger partial charge in [-0.3, -0.25) is 4.98 Å². The lowest BCUT2D eigenvalue weighted by Gasteiger charge is -2.27. The molecule has 0 spiro atoms. The van der Waals surface area contributed by atoms with Gasteiger partial charge >= 0.3 is 0 Å². The molecule has 0 aliphatic heterocycles. The summed E-state index contributed by atoms with van der Waals surface area (Å²) < 4.78 is 19.9. The standard InChI is InChI=1S/C26H20FNO/c1-26(2,18-7-4-3-5-8-18)21-9-6-10-24-25(21)20-15-17(11-12-23(20)29-24)22-16-19(27)13-14-28-22/h3-16H,1-2H3. The second-order valence-electron chi connectivity index (χ2n) is 7.84. The minimum atomic E-state index is -0.293. The van der Waals surface area contributed by atoms with E-state index in [9.17, 15) is 4.39 Å². The predicted octanol–water partition coefficient (Wildman–Crippen LogP) is 7.11. The number of halogens is 1. The van der Waals surface area contributed by atoms with Crippen LogP contribution >= 0.6 is 0 Å². The molecule has 142 valence electrons. The summed E-state index contributed by atoms with van der Waals surface area (Å²) in [6, 6.07) is 25.4. The first-order valence-electron chi connectivity index (χ1n) is 9.67. The molecule has 0 aliphatic rings. The molecule has 0 saturated carbocycles. The lowest BCUT2D eigenvalue weighted by Crippen LogP contribution is -2.19. The number of aromatic nitrogens is 1. The van der Waals surface area contributed by atoms with Gasteiger partial charge < -0.3 is 4.42 Å². The fourth-order valence-corrected chi connectivity index (χ4v) is 4.08. The summed E-state index contributed by atoms with van der Waals surface area (Å²) in [6.07, 6.45) is 1.49. The average Bonchev–Trinajstić information content (AvgIpc) is 3.12. The van der Waals surface area contributed by atoms with Gasteiger partial charge in [0.05, 0.1) is 5.69 Å². The van der Waals surface area contributed by atoms with Crippen LogP contribution in [0.1, 0.15) is 25.0 Å². The number of benzene rings is 3. The highest BCUT2D eigenvalue weighted by Gasteiger charge is 2.27. The fraction of sp³-hybridized carbons (Fsp3) is 0.115. The van der Waals surface area contributed by atoms with Gasteiger partial charge in [-0.1, -0.05) is 56.3 Å². The smallest absolute Gasteiger partial charge is 0.135 e. The molecule has 2 nitrogen and oxygen atoms in total. The Hall–Kier alpha value is -3.46. The van der Waals surface area contributed by atoms with Crippen LogP contribution in [0.4, 0.5) is 4.39 Å². The number of hydrogen-bond acceptors (Lipinski definition) is 2. The zero-order chi connectivity index (χ0) is 20.0. The van der Waals surface area contributed by atoms with E-state index in [4.69, 9.17) is 4.42 Å². The van der Waals surface area contributed by atoms with E-state index in [1.165, 1.54) is 29.5 Å². The van der Waals surface area contributed by atoms with Crippen LogP contribution in [-0.2, 0) is 5.41 Å². The highest BCUT2D eigenvalue weighted by atomic mass is 19.1. The van der Waals surface area contributed by atoms with Crippen molar-refractivity contribution < 1.29 is 8.81 Å². The molecule has 0 fully saturated rings. The second kappa shape index (κ2) is 6.56. The van der Waals surface area contributed by atoms with Crippen molar-refractivity contribution in [3.8, 4) is 11.3 Å². The third-order valence-electron chi connectivity index (χ3n) is 5.68. The van der Waals surface area contributed by atoms with E-state index in [0.717, 1.165) is 27.5 Å². The highest BCUT2D eigenvalue weighted by Crippen LogP contribution is 2.41. The maximum Gasteiger partial charge on any atom is 0.135 e. The molecule has 2 aromatic heterocycles. The van der Waals surface area contributed by atoms with E-state index >= 15 is 0 Å². The minimum absolute atomic E-state index is 0.204. The predicted molar refractivity (Wildman–Crippen MR) is 115 cm³/mol. The first-order chi connectivity index (χ1) is 14.0. The number of rotatable bonds is 3. The van der Waals surface area contributed by atoms with Crippen molar-refractivity contribution in [3.63, 3.8) is 0 Å². The monoisotopic (exact) mass is 381 g/mol. The summed E-state index contributed by atoms with van der Waals surface area (Å²) in [5.74, 6) is -0.293. The molecule has 2 heterocycles. The first kappa shape index (κ1) is 17.6. The van der Waals surface area contributed by atoms with E-state index in [2.05, 4.69) is 49.2 Å².